The zero-order chi connectivity index (χ0) is 26.0. The third kappa shape index (κ3) is 7.31. The van der Waals surface area contributed by atoms with Crippen molar-refractivity contribution < 1.29 is 9.59 Å². The van der Waals surface area contributed by atoms with Crippen molar-refractivity contribution >= 4 is 17.5 Å². The van der Waals surface area contributed by atoms with Crippen molar-refractivity contribution in [3.8, 4) is 0 Å². The summed E-state index contributed by atoms with van der Waals surface area (Å²) < 4.78 is 1.99. The molecule has 0 fully saturated rings. The Morgan fingerprint density at radius 2 is 1.59 bits per heavy atom. The number of para-hydroxylation sites is 1. The molecule has 0 aliphatic carbocycles. The Bertz CT molecular complexity index is 1160. The summed E-state index contributed by atoms with van der Waals surface area (Å²) in [6.07, 6.45) is 12.5. The molecule has 1 aliphatic rings. The van der Waals surface area contributed by atoms with Gasteiger partial charge in [0, 0.05) is 56.2 Å². The minimum Gasteiger partial charge on any atom is -0.334 e. The molecule has 0 N–H and O–H groups in total. The van der Waals surface area contributed by atoms with Gasteiger partial charge in [-0.1, -0.05) is 75.9 Å². The Kier molecular flexibility index (Phi) is 9.52. The zero-order valence-corrected chi connectivity index (χ0v) is 22.3. The Morgan fingerprint density at radius 3 is 2.35 bits per heavy atom. The fourth-order valence-electron chi connectivity index (χ4n) is 5.10. The molecule has 0 spiro atoms. The first-order chi connectivity index (χ1) is 18.0. The van der Waals surface area contributed by atoms with Gasteiger partial charge in [0.15, 0.2) is 0 Å². The maximum Gasteiger partial charge on any atom is 0.254 e. The number of hydrogen-bond acceptors (Lipinski definition) is 3. The predicted molar refractivity (Wildman–Crippen MR) is 148 cm³/mol. The molecule has 3 aromatic rings. The lowest BCUT2D eigenvalue weighted by Gasteiger charge is -2.29. The summed E-state index contributed by atoms with van der Waals surface area (Å²) in [6.45, 7) is 6.69. The maximum atomic E-state index is 14.0. The number of aromatic nitrogens is 2. The van der Waals surface area contributed by atoms with Gasteiger partial charge in [-0.15, -0.1) is 0 Å². The quantitative estimate of drug-likeness (QED) is 0.413. The van der Waals surface area contributed by atoms with Gasteiger partial charge >= 0.3 is 0 Å². The van der Waals surface area contributed by atoms with E-state index in [9.17, 15) is 9.59 Å². The first-order valence-electron chi connectivity index (χ1n) is 13.7. The second kappa shape index (κ2) is 13.2. The molecule has 0 saturated heterocycles. The van der Waals surface area contributed by atoms with Crippen LogP contribution in [0.25, 0.3) is 0 Å². The molecule has 4 rings (SSSR count). The Hall–Kier alpha value is -3.41. The first kappa shape index (κ1) is 26.6. The van der Waals surface area contributed by atoms with Crippen LogP contribution >= 0.6 is 0 Å². The van der Waals surface area contributed by atoms with Crippen LogP contribution in [0.15, 0.2) is 67.3 Å². The zero-order valence-electron chi connectivity index (χ0n) is 22.3. The third-order valence-corrected chi connectivity index (χ3v) is 7.03. The number of amides is 2. The maximum absolute atomic E-state index is 14.0. The molecule has 0 atom stereocenters. The van der Waals surface area contributed by atoms with Crippen molar-refractivity contribution in [3.05, 3.63) is 83.9 Å². The number of fused-ring (bicyclic) bond motifs is 1. The lowest BCUT2D eigenvalue weighted by molar-refractivity contribution is -0.119. The summed E-state index contributed by atoms with van der Waals surface area (Å²) in [5, 5.41) is 0. The largest absolute Gasteiger partial charge is 0.334 e. The first-order valence-corrected chi connectivity index (χ1v) is 13.7. The fourth-order valence-corrected chi connectivity index (χ4v) is 5.10. The van der Waals surface area contributed by atoms with Crippen molar-refractivity contribution in [2.75, 3.05) is 18.0 Å². The number of imidazole rings is 1. The van der Waals surface area contributed by atoms with E-state index in [-0.39, 0.29) is 11.8 Å². The van der Waals surface area contributed by atoms with Gasteiger partial charge in [0.2, 0.25) is 5.91 Å². The van der Waals surface area contributed by atoms with Crippen LogP contribution in [0.2, 0.25) is 0 Å². The lowest BCUT2D eigenvalue weighted by atomic mass is 10.0. The van der Waals surface area contributed by atoms with E-state index < -0.39 is 0 Å². The molecule has 0 bridgehead atoms. The van der Waals surface area contributed by atoms with Gasteiger partial charge in [0.25, 0.3) is 5.91 Å². The molecule has 0 unspecified atom stereocenters. The summed E-state index contributed by atoms with van der Waals surface area (Å²) >= 11 is 0. The van der Waals surface area contributed by atoms with E-state index in [4.69, 9.17) is 0 Å². The topological polar surface area (TPSA) is 58.4 Å². The number of benzene rings is 2. The van der Waals surface area contributed by atoms with E-state index in [1.807, 2.05) is 63.0 Å². The van der Waals surface area contributed by atoms with E-state index in [0.717, 1.165) is 67.4 Å². The number of carbonyl (C=O) groups excluding carboxylic acids is 2. The highest BCUT2D eigenvalue weighted by Gasteiger charge is 2.24. The lowest BCUT2D eigenvalue weighted by Crippen LogP contribution is -2.36. The molecule has 1 aromatic heterocycles. The number of carbonyl (C=O) groups is 2. The monoisotopic (exact) mass is 500 g/mol. The average molecular weight is 501 g/mol. The summed E-state index contributed by atoms with van der Waals surface area (Å²) in [6, 6.07) is 16.0. The van der Waals surface area contributed by atoms with Crippen molar-refractivity contribution in [1.82, 2.24) is 14.5 Å². The fraction of sp³-hybridized carbons (Fsp3) is 0.452. The second-order valence-electron chi connectivity index (χ2n) is 10.5. The summed E-state index contributed by atoms with van der Waals surface area (Å²) in [5.41, 5.74) is 3.68. The van der Waals surface area contributed by atoms with Crippen molar-refractivity contribution in [2.45, 2.75) is 71.9 Å². The van der Waals surface area contributed by atoms with Gasteiger partial charge in [-0.05, 0) is 42.0 Å². The van der Waals surface area contributed by atoms with E-state index in [1.165, 1.54) is 0 Å². The molecule has 1 aliphatic heterocycles. The van der Waals surface area contributed by atoms with E-state index in [2.05, 4.69) is 24.9 Å². The van der Waals surface area contributed by atoms with Crippen LogP contribution in [0.4, 0.5) is 5.69 Å². The molecular formula is C31H40N4O2. The van der Waals surface area contributed by atoms with E-state index >= 15 is 0 Å². The summed E-state index contributed by atoms with van der Waals surface area (Å²) in [7, 11) is 0. The highest BCUT2D eigenvalue weighted by molar-refractivity contribution is 5.96. The van der Waals surface area contributed by atoms with Gasteiger partial charge in [0.1, 0.15) is 0 Å². The van der Waals surface area contributed by atoms with Crippen LogP contribution in [-0.2, 0) is 17.9 Å². The molecule has 2 amide bonds. The molecular weight excluding hydrogens is 460 g/mol. The predicted octanol–water partition coefficient (Wildman–Crippen LogP) is 6.31. The van der Waals surface area contributed by atoms with Gasteiger partial charge in [-0.3, -0.25) is 9.59 Å². The highest BCUT2D eigenvalue weighted by atomic mass is 16.2. The van der Waals surface area contributed by atoms with Gasteiger partial charge < -0.3 is 14.4 Å². The summed E-state index contributed by atoms with van der Waals surface area (Å²) in [4.78, 5) is 35.5. The van der Waals surface area contributed by atoms with Crippen LogP contribution < -0.4 is 4.90 Å². The minimum atomic E-state index is 0.0421. The summed E-state index contributed by atoms with van der Waals surface area (Å²) in [5.74, 6) is 0.510. The molecule has 6 nitrogen and oxygen atoms in total. The van der Waals surface area contributed by atoms with Crippen LogP contribution in [0, 0.1) is 5.92 Å². The molecule has 37 heavy (non-hydrogen) atoms. The third-order valence-electron chi connectivity index (χ3n) is 7.03. The second-order valence-corrected chi connectivity index (χ2v) is 10.5. The van der Waals surface area contributed by atoms with Crippen LogP contribution in [0.5, 0.6) is 0 Å². The molecule has 2 heterocycles. The molecule has 2 aromatic carbocycles. The average Bonchev–Trinajstić information content (AvgIpc) is 3.40. The van der Waals surface area contributed by atoms with Crippen molar-refractivity contribution in [3.63, 3.8) is 0 Å². The highest BCUT2D eigenvalue weighted by Crippen LogP contribution is 2.26. The van der Waals surface area contributed by atoms with E-state index in [1.54, 1.807) is 12.5 Å². The van der Waals surface area contributed by atoms with Crippen LogP contribution in [-0.4, -0.2) is 39.4 Å². The van der Waals surface area contributed by atoms with Crippen molar-refractivity contribution in [2.24, 2.45) is 5.92 Å². The standard InChI is InChI=1S/C31H40N4O2/c1-25(2)21-30(36)35-19-12-6-4-3-5-11-18-34(23-27-14-8-10-16-29(27)35)31(37)28-15-9-7-13-26(28)22-33-20-17-32-24-33/h7-10,13-17,20,24-25H,3-6,11-12,18-19,21-23H2,1-2H3. The Morgan fingerprint density at radius 1 is 0.892 bits per heavy atom. The number of hydrogen-bond donors (Lipinski definition) is 0. The van der Waals surface area contributed by atoms with Gasteiger partial charge in [-0.25, -0.2) is 4.98 Å². The minimum absolute atomic E-state index is 0.0421. The smallest absolute Gasteiger partial charge is 0.254 e. The molecule has 196 valence electrons. The molecule has 0 radical (unpaired) electrons. The SMILES string of the molecule is CC(C)CC(=O)N1CCCCCCCCN(C(=O)c2ccccc2Cn2ccnc2)Cc2ccccc21. The molecule has 6 heteroatoms. The Labute approximate surface area is 221 Å². The number of rotatable bonds is 5. The van der Waals surface area contributed by atoms with E-state index in [0.29, 0.717) is 32.0 Å². The van der Waals surface area contributed by atoms with Gasteiger partial charge in [-0.2, -0.15) is 0 Å². The normalized spacial score (nSPS) is 15.4. The van der Waals surface area contributed by atoms with Crippen molar-refractivity contribution in [1.29, 1.82) is 0 Å². The Balaban J connectivity index is 1.66. The van der Waals surface area contributed by atoms with Crippen LogP contribution in [0.1, 0.15) is 80.3 Å². The number of nitrogens with zero attached hydrogens (tertiary/aromatic N) is 4. The molecule has 0 saturated carbocycles. The van der Waals surface area contributed by atoms with Crippen LogP contribution in [0.3, 0.4) is 0 Å². The van der Waals surface area contributed by atoms with Gasteiger partial charge in [0.05, 0.1) is 6.33 Å². The number of anilines is 1.